The molecule has 0 spiro atoms. The van der Waals surface area contributed by atoms with Crippen LogP contribution in [-0.4, -0.2) is 29.6 Å². The molecule has 2 aromatic rings. The Hall–Kier alpha value is -2.69. The Kier molecular flexibility index (Phi) is 3.87. The van der Waals surface area contributed by atoms with Crippen molar-refractivity contribution in [2.24, 2.45) is 0 Å². The second-order valence-corrected chi connectivity index (χ2v) is 3.82. The Morgan fingerprint density at radius 2 is 1.89 bits per heavy atom. The van der Waals surface area contributed by atoms with Gasteiger partial charge in [-0.15, -0.1) is 0 Å². The van der Waals surface area contributed by atoms with E-state index in [-0.39, 0.29) is 12.4 Å². The molecule has 1 heterocycles. The first-order chi connectivity index (χ1) is 9.20. The van der Waals surface area contributed by atoms with Crippen LogP contribution in [0.15, 0.2) is 42.6 Å². The minimum atomic E-state index is -0.600. The van der Waals surface area contributed by atoms with E-state index in [0.29, 0.717) is 23.1 Å². The summed E-state index contributed by atoms with van der Waals surface area (Å²) in [5.41, 5.74) is 1.16. The molecule has 0 saturated carbocycles. The first-order valence-electron chi connectivity index (χ1n) is 5.59. The number of benzene rings is 1. The maximum absolute atomic E-state index is 11.6. The quantitative estimate of drug-likeness (QED) is 0.504. The van der Waals surface area contributed by atoms with Gasteiger partial charge in [0.25, 0.3) is 0 Å². The molecule has 0 aliphatic heterocycles. The molecule has 0 aliphatic rings. The zero-order valence-electron chi connectivity index (χ0n) is 9.96. The summed E-state index contributed by atoms with van der Waals surface area (Å²) in [6.07, 6.45) is 2.30. The van der Waals surface area contributed by atoms with Gasteiger partial charge in [-0.05, 0) is 24.3 Å². The van der Waals surface area contributed by atoms with Gasteiger partial charge in [0.1, 0.15) is 6.29 Å². The van der Waals surface area contributed by atoms with E-state index in [4.69, 9.17) is 4.74 Å². The van der Waals surface area contributed by atoms with Crippen molar-refractivity contribution in [3.63, 3.8) is 0 Å². The first-order valence-corrected chi connectivity index (χ1v) is 5.59. The van der Waals surface area contributed by atoms with Crippen LogP contribution >= 0.6 is 0 Å². The van der Waals surface area contributed by atoms with Crippen LogP contribution in [0.2, 0.25) is 0 Å². The highest BCUT2D eigenvalue weighted by molar-refractivity contribution is 5.98. The van der Waals surface area contributed by atoms with Crippen LogP contribution in [0.4, 0.5) is 0 Å². The van der Waals surface area contributed by atoms with E-state index >= 15 is 0 Å². The number of esters is 1. The molecule has 0 unspecified atom stereocenters. The predicted octanol–water partition coefficient (Wildman–Crippen LogP) is 1.87. The van der Waals surface area contributed by atoms with Crippen LogP contribution in [-0.2, 0) is 4.74 Å². The molecule has 0 aliphatic carbocycles. The summed E-state index contributed by atoms with van der Waals surface area (Å²) in [7, 11) is 0. The van der Waals surface area contributed by atoms with Gasteiger partial charge in [-0.1, -0.05) is 12.1 Å². The number of ketones is 1. The lowest BCUT2D eigenvalue weighted by Gasteiger charge is -2.03. The third kappa shape index (κ3) is 3.16. The summed E-state index contributed by atoms with van der Waals surface area (Å²) in [6, 6.07) is 9.27. The number of hydrogen-bond donors (Lipinski definition) is 1. The molecule has 0 bridgehead atoms. The molecule has 5 nitrogen and oxygen atoms in total. The van der Waals surface area contributed by atoms with Crippen molar-refractivity contribution in [2.45, 2.75) is 0 Å². The Morgan fingerprint density at radius 1 is 1.16 bits per heavy atom. The average Bonchev–Trinajstić information content (AvgIpc) is 2.98. The van der Waals surface area contributed by atoms with Crippen LogP contribution in [0.5, 0.6) is 0 Å². The third-order valence-electron chi connectivity index (χ3n) is 2.52. The fourth-order valence-electron chi connectivity index (χ4n) is 1.49. The lowest BCUT2D eigenvalue weighted by molar-refractivity contribution is 0.0473. The predicted molar refractivity (Wildman–Crippen MR) is 67.2 cm³/mol. The molecule has 1 aromatic heterocycles. The molecule has 0 saturated heterocycles. The van der Waals surface area contributed by atoms with Gasteiger partial charge < -0.3 is 9.72 Å². The molecule has 1 aromatic carbocycles. The zero-order valence-corrected chi connectivity index (χ0v) is 9.96. The average molecular weight is 257 g/mol. The standard InChI is InChI=1S/C14H11NO4/c16-8-10-3-5-11(6-4-10)14(18)19-9-13(17)12-2-1-7-15-12/h1-8,15H,9H2. The third-order valence-corrected chi connectivity index (χ3v) is 2.52. The van der Waals surface area contributed by atoms with E-state index in [1.54, 1.807) is 18.3 Å². The number of carbonyl (C=O) groups excluding carboxylic acids is 3. The van der Waals surface area contributed by atoms with Gasteiger partial charge in [0.2, 0.25) is 5.78 Å². The topological polar surface area (TPSA) is 76.2 Å². The molecule has 19 heavy (non-hydrogen) atoms. The number of carbonyl (C=O) groups is 3. The van der Waals surface area contributed by atoms with Gasteiger partial charge in [-0.3, -0.25) is 9.59 Å². The summed E-state index contributed by atoms with van der Waals surface area (Å²) in [4.78, 5) is 36.4. The van der Waals surface area contributed by atoms with Gasteiger partial charge in [0.15, 0.2) is 6.61 Å². The molecule has 1 N–H and O–H groups in total. The van der Waals surface area contributed by atoms with Gasteiger partial charge in [-0.2, -0.15) is 0 Å². The van der Waals surface area contributed by atoms with E-state index in [1.807, 2.05) is 0 Å². The molecular formula is C14H11NO4. The maximum Gasteiger partial charge on any atom is 0.338 e. The molecule has 2 rings (SSSR count). The minimum Gasteiger partial charge on any atom is -0.454 e. The molecule has 0 atom stereocenters. The van der Waals surface area contributed by atoms with Gasteiger partial charge in [-0.25, -0.2) is 4.79 Å². The highest BCUT2D eigenvalue weighted by Gasteiger charge is 2.12. The summed E-state index contributed by atoms with van der Waals surface area (Å²) in [5, 5.41) is 0. The van der Waals surface area contributed by atoms with Crippen LogP contribution in [0.1, 0.15) is 31.2 Å². The van der Waals surface area contributed by atoms with Crippen LogP contribution in [0, 0.1) is 0 Å². The fraction of sp³-hybridized carbons (Fsp3) is 0.0714. The Labute approximate surface area is 109 Å². The van der Waals surface area contributed by atoms with Crippen molar-refractivity contribution < 1.29 is 19.1 Å². The van der Waals surface area contributed by atoms with Crippen molar-refractivity contribution in [2.75, 3.05) is 6.61 Å². The van der Waals surface area contributed by atoms with E-state index in [1.165, 1.54) is 24.3 Å². The summed E-state index contributed by atoms with van der Waals surface area (Å²) >= 11 is 0. The van der Waals surface area contributed by atoms with E-state index in [2.05, 4.69) is 4.98 Å². The number of Topliss-reactive ketones (excluding diaryl/α,β-unsaturated/α-hetero) is 1. The molecule has 0 radical (unpaired) electrons. The van der Waals surface area contributed by atoms with Crippen molar-refractivity contribution in [3.05, 3.63) is 59.4 Å². The Bertz CT molecular complexity index is 584. The lowest BCUT2D eigenvalue weighted by atomic mass is 10.1. The summed E-state index contributed by atoms with van der Waals surface area (Å²) in [6.45, 7) is -0.325. The summed E-state index contributed by atoms with van der Waals surface area (Å²) in [5.74, 6) is -0.903. The second kappa shape index (κ2) is 5.77. The molecule has 0 amide bonds. The van der Waals surface area contributed by atoms with Gasteiger partial charge in [0, 0.05) is 11.8 Å². The maximum atomic E-state index is 11.6. The zero-order chi connectivity index (χ0) is 13.7. The number of rotatable bonds is 5. The lowest BCUT2D eigenvalue weighted by Crippen LogP contribution is -2.14. The number of aromatic nitrogens is 1. The monoisotopic (exact) mass is 257 g/mol. The molecular weight excluding hydrogens is 246 g/mol. The second-order valence-electron chi connectivity index (χ2n) is 3.82. The molecule has 96 valence electrons. The Morgan fingerprint density at radius 3 is 2.47 bits per heavy atom. The van der Waals surface area contributed by atoms with Gasteiger partial charge >= 0.3 is 5.97 Å². The SMILES string of the molecule is O=Cc1ccc(C(=O)OCC(=O)c2ccc[nH]2)cc1. The number of aldehydes is 1. The van der Waals surface area contributed by atoms with E-state index in [0.717, 1.165) is 0 Å². The fourth-order valence-corrected chi connectivity index (χ4v) is 1.49. The van der Waals surface area contributed by atoms with E-state index < -0.39 is 5.97 Å². The van der Waals surface area contributed by atoms with Gasteiger partial charge in [0.05, 0.1) is 11.3 Å². The number of aromatic amines is 1. The highest BCUT2D eigenvalue weighted by Crippen LogP contribution is 2.05. The Balaban J connectivity index is 1.93. The summed E-state index contributed by atoms with van der Waals surface area (Å²) < 4.78 is 4.89. The molecule has 5 heteroatoms. The molecule has 0 fully saturated rings. The van der Waals surface area contributed by atoms with Crippen molar-refractivity contribution in [1.82, 2.24) is 4.98 Å². The van der Waals surface area contributed by atoms with Crippen molar-refractivity contribution >= 4 is 18.0 Å². The largest absolute Gasteiger partial charge is 0.454 e. The highest BCUT2D eigenvalue weighted by atomic mass is 16.5. The van der Waals surface area contributed by atoms with Crippen molar-refractivity contribution in [3.8, 4) is 0 Å². The van der Waals surface area contributed by atoms with Crippen LogP contribution in [0.25, 0.3) is 0 Å². The number of hydrogen-bond acceptors (Lipinski definition) is 4. The number of nitrogens with one attached hydrogen (secondary N) is 1. The normalized spacial score (nSPS) is 9.89. The number of H-pyrrole nitrogens is 1. The van der Waals surface area contributed by atoms with Crippen LogP contribution in [0.3, 0.4) is 0 Å². The number of ether oxygens (including phenoxy) is 1. The smallest absolute Gasteiger partial charge is 0.338 e. The first kappa shape index (κ1) is 12.8. The van der Waals surface area contributed by atoms with Crippen LogP contribution < -0.4 is 0 Å². The minimum absolute atomic E-state index is 0.296. The van der Waals surface area contributed by atoms with E-state index in [9.17, 15) is 14.4 Å². The van der Waals surface area contributed by atoms with Crippen molar-refractivity contribution in [1.29, 1.82) is 0 Å².